The number of imidazole rings is 1. The monoisotopic (exact) mass is 459 g/mol. The number of benzene rings is 1. The third kappa shape index (κ3) is 3.38. The number of hydrogen-bond donors (Lipinski definition) is 1. The molecule has 7 heteroatoms. The van der Waals surface area contributed by atoms with Crippen LogP contribution in [0.25, 0.3) is 16.9 Å². The second-order valence-electron chi connectivity index (χ2n) is 5.37. The van der Waals surface area contributed by atoms with E-state index in [0.29, 0.717) is 10.4 Å². The van der Waals surface area contributed by atoms with Crippen LogP contribution in [-0.2, 0) is 0 Å². The molecule has 1 amide bonds. The van der Waals surface area contributed by atoms with E-state index in [9.17, 15) is 4.79 Å². The minimum atomic E-state index is -0.307. The molecule has 0 bridgehead atoms. The van der Waals surface area contributed by atoms with Crippen LogP contribution in [0.1, 0.15) is 10.6 Å². The van der Waals surface area contributed by atoms with Gasteiger partial charge in [0.2, 0.25) is 0 Å². The number of furan rings is 1. The van der Waals surface area contributed by atoms with Gasteiger partial charge in [0.05, 0.1) is 11.4 Å². The van der Waals surface area contributed by atoms with Gasteiger partial charge in [0, 0.05) is 22.4 Å². The predicted octanol–water partition coefficient (Wildman–Crippen LogP) is 5.37. The Labute approximate surface area is 159 Å². The molecule has 4 rings (SSSR count). The summed E-state index contributed by atoms with van der Waals surface area (Å²) in [6.07, 6.45) is 3.75. The summed E-state index contributed by atoms with van der Waals surface area (Å²) < 4.78 is 8.68. The number of hydrogen-bond acceptors (Lipinski definition) is 3. The van der Waals surface area contributed by atoms with Crippen LogP contribution in [0.4, 0.5) is 5.69 Å². The van der Waals surface area contributed by atoms with Gasteiger partial charge in [0.25, 0.3) is 5.91 Å². The van der Waals surface area contributed by atoms with E-state index in [4.69, 9.17) is 4.42 Å². The molecule has 0 aliphatic carbocycles. The number of halogens is 2. The Kier molecular flexibility index (Phi) is 4.19. The Morgan fingerprint density at radius 1 is 1.00 bits per heavy atom. The first-order chi connectivity index (χ1) is 12.1. The maximum atomic E-state index is 12.2. The lowest BCUT2D eigenvalue weighted by Crippen LogP contribution is -2.11. The SMILES string of the molecule is O=C(Nc1ccc2nc(-c3ccc(Br)cc3)cn2c1)c1ccc(Br)o1. The van der Waals surface area contributed by atoms with Gasteiger partial charge in [-0.3, -0.25) is 4.79 Å². The zero-order valence-corrected chi connectivity index (χ0v) is 15.9. The Bertz CT molecular complexity index is 1070. The smallest absolute Gasteiger partial charge is 0.291 e. The van der Waals surface area contributed by atoms with Crippen molar-refractivity contribution in [3.8, 4) is 11.3 Å². The van der Waals surface area contributed by atoms with Gasteiger partial charge in [-0.05, 0) is 52.3 Å². The summed E-state index contributed by atoms with van der Waals surface area (Å²) in [5, 5.41) is 2.81. The molecule has 1 N–H and O–H groups in total. The van der Waals surface area contributed by atoms with Crippen molar-refractivity contribution in [3.63, 3.8) is 0 Å². The van der Waals surface area contributed by atoms with Gasteiger partial charge < -0.3 is 14.1 Å². The number of nitrogens with zero attached hydrogens (tertiary/aromatic N) is 2. The number of amides is 1. The van der Waals surface area contributed by atoms with Crippen molar-refractivity contribution in [3.05, 3.63) is 75.8 Å². The molecular weight excluding hydrogens is 450 g/mol. The minimum Gasteiger partial charge on any atom is -0.444 e. The third-order valence-corrected chi connectivity index (χ3v) is 4.60. The summed E-state index contributed by atoms with van der Waals surface area (Å²) in [5.41, 5.74) is 3.35. The highest BCUT2D eigenvalue weighted by atomic mass is 79.9. The van der Waals surface area contributed by atoms with E-state index in [1.807, 2.05) is 53.2 Å². The Morgan fingerprint density at radius 2 is 1.80 bits per heavy atom. The molecule has 0 fully saturated rings. The number of carbonyl (C=O) groups excluding carboxylic acids is 1. The van der Waals surface area contributed by atoms with Crippen LogP contribution in [-0.4, -0.2) is 15.3 Å². The van der Waals surface area contributed by atoms with Gasteiger partial charge in [-0.15, -0.1) is 0 Å². The fraction of sp³-hybridized carbons (Fsp3) is 0. The number of pyridine rings is 1. The molecule has 1 aromatic carbocycles. The lowest BCUT2D eigenvalue weighted by atomic mass is 10.2. The van der Waals surface area contributed by atoms with E-state index < -0.39 is 0 Å². The Morgan fingerprint density at radius 3 is 2.52 bits per heavy atom. The Hall–Kier alpha value is -2.38. The summed E-state index contributed by atoms with van der Waals surface area (Å²) in [5.74, 6) is -0.0635. The molecule has 3 aromatic heterocycles. The predicted molar refractivity (Wildman–Crippen MR) is 103 cm³/mol. The zero-order chi connectivity index (χ0) is 17.4. The number of anilines is 1. The number of rotatable bonds is 3. The van der Waals surface area contributed by atoms with Gasteiger partial charge in [-0.25, -0.2) is 4.98 Å². The third-order valence-electron chi connectivity index (χ3n) is 3.65. The molecule has 0 spiro atoms. The molecule has 25 heavy (non-hydrogen) atoms. The van der Waals surface area contributed by atoms with Crippen LogP contribution in [0.15, 0.2) is 74.5 Å². The molecule has 0 saturated carbocycles. The summed E-state index contributed by atoms with van der Waals surface area (Å²) in [7, 11) is 0. The number of aromatic nitrogens is 2. The molecule has 0 aliphatic heterocycles. The van der Waals surface area contributed by atoms with Crippen molar-refractivity contribution >= 4 is 49.1 Å². The highest BCUT2D eigenvalue weighted by molar-refractivity contribution is 9.10. The van der Waals surface area contributed by atoms with Gasteiger partial charge in [0.1, 0.15) is 5.65 Å². The van der Waals surface area contributed by atoms with Crippen LogP contribution in [0, 0.1) is 0 Å². The van der Waals surface area contributed by atoms with Gasteiger partial charge >= 0.3 is 0 Å². The van der Waals surface area contributed by atoms with Crippen LogP contribution >= 0.6 is 31.9 Å². The molecule has 0 unspecified atom stereocenters. The highest BCUT2D eigenvalue weighted by Gasteiger charge is 2.11. The number of nitrogens with one attached hydrogen (secondary N) is 1. The van der Waals surface area contributed by atoms with E-state index in [-0.39, 0.29) is 11.7 Å². The quantitative estimate of drug-likeness (QED) is 0.447. The molecule has 4 aromatic rings. The molecule has 0 atom stereocenters. The van der Waals surface area contributed by atoms with Crippen molar-refractivity contribution in [2.45, 2.75) is 0 Å². The molecular formula is C18H11Br2N3O2. The molecule has 0 aliphatic rings. The first-order valence-corrected chi connectivity index (χ1v) is 8.98. The first-order valence-electron chi connectivity index (χ1n) is 7.40. The van der Waals surface area contributed by atoms with E-state index in [1.54, 1.807) is 12.1 Å². The molecule has 124 valence electrons. The zero-order valence-electron chi connectivity index (χ0n) is 12.7. The van der Waals surface area contributed by atoms with Crippen molar-refractivity contribution in [1.29, 1.82) is 0 Å². The summed E-state index contributed by atoms with van der Waals surface area (Å²) >= 11 is 6.62. The Balaban J connectivity index is 1.61. The van der Waals surface area contributed by atoms with E-state index in [0.717, 1.165) is 21.4 Å². The van der Waals surface area contributed by atoms with Crippen molar-refractivity contribution < 1.29 is 9.21 Å². The average Bonchev–Trinajstić information content (AvgIpc) is 3.21. The normalized spacial score (nSPS) is 11.0. The van der Waals surface area contributed by atoms with Crippen molar-refractivity contribution in [1.82, 2.24) is 9.38 Å². The van der Waals surface area contributed by atoms with E-state index in [2.05, 4.69) is 42.2 Å². The molecule has 5 nitrogen and oxygen atoms in total. The summed E-state index contributed by atoms with van der Waals surface area (Å²) in [4.78, 5) is 16.8. The minimum absolute atomic E-state index is 0.244. The summed E-state index contributed by atoms with van der Waals surface area (Å²) in [6.45, 7) is 0. The van der Waals surface area contributed by atoms with Gasteiger partial charge in [0.15, 0.2) is 10.4 Å². The van der Waals surface area contributed by atoms with Crippen LogP contribution < -0.4 is 5.32 Å². The largest absolute Gasteiger partial charge is 0.444 e. The van der Waals surface area contributed by atoms with Crippen LogP contribution in [0.5, 0.6) is 0 Å². The lowest BCUT2D eigenvalue weighted by molar-refractivity contribution is 0.0995. The highest BCUT2D eigenvalue weighted by Crippen LogP contribution is 2.23. The maximum absolute atomic E-state index is 12.2. The topological polar surface area (TPSA) is 59.5 Å². The molecule has 3 heterocycles. The van der Waals surface area contributed by atoms with Gasteiger partial charge in [-0.2, -0.15) is 0 Å². The first kappa shape index (κ1) is 16.1. The van der Waals surface area contributed by atoms with E-state index in [1.165, 1.54) is 0 Å². The maximum Gasteiger partial charge on any atom is 0.291 e. The summed E-state index contributed by atoms with van der Waals surface area (Å²) in [6, 6.07) is 14.9. The van der Waals surface area contributed by atoms with Gasteiger partial charge in [-0.1, -0.05) is 28.1 Å². The molecule has 0 saturated heterocycles. The van der Waals surface area contributed by atoms with Crippen LogP contribution in [0.2, 0.25) is 0 Å². The molecule has 0 radical (unpaired) electrons. The van der Waals surface area contributed by atoms with Crippen LogP contribution in [0.3, 0.4) is 0 Å². The van der Waals surface area contributed by atoms with E-state index >= 15 is 0 Å². The number of fused-ring (bicyclic) bond motifs is 1. The fourth-order valence-corrected chi connectivity index (χ4v) is 3.03. The standard InChI is InChI=1S/C18H11Br2N3O2/c19-12-3-1-11(2-4-12)14-10-23-9-13(5-8-17(23)22-14)21-18(24)15-6-7-16(20)25-15/h1-10H,(H,21,24). The second kappa shape index (κ2) is 6.50. The average molecular weight is 461 g/mol. The lowest BCUT2D eigenvalue weighted by Gasteiger charge is -2.03. The van der Waals surface area contributed by atoms with Crippen molar-refractivity contribution in [2.75, 3.05) is 5.32 Å². The van der Waals surface area contributed by atoms with Crippen molar-refractivity contribution in [2.24, 2.45) is 0 Å². The number of carbonyl (C=O) groups is 1. The second-order valence-corrected chi connectivity index (χ2v) is 7.07. The fourth-order valence-electron chi connectivity index (χ4n) is 2.45.